The largest absolute Gasteiger partial charge is 0.494 e. The molecule has 30 heavy (non-hydrogen) atoms. The van der Waals surface area contributed by atoms with Crippen LogP contribution in [0.4, 0.5) is 0 Å². The molecule has 3 rings (SSSR count). The first-order valence-electron chi connectivity index (χ1n) is 12.5. The van der Waals surface area contributed by atoms with Gasteiger partial charge < -0.3 is 4.74 Å². The van der Waals surface area contributed by atoms with E-state index in [0.29, 0.717) is 0 Å². The molecule has 1 aliphatic rings. The highest BCUT2D eigenvalue weighted by Gasteiger charge is 2.21. The van der Waals surface area contributed by atoms with Crippen LogP contribution in [0.15, 0.2) is 42.6 Å². The summed E-state index contributed by atoms with van der Waals surface area (Å²) in [6, 6.07) is 12.8. The average molecular weight is 408 g/mol. The van der Waals surface area contributed by atoms with Crippen molar-refractivity contribution in [3.05, 3.63) is 48.2 Å². The molecule has 1 aliphatic carbocycles. The molecule has 0 spiro atoms. The lowest BCUT2D eigenvalue weighted by Gasteiger charge is -2.29. The Kier molecular flexibility index (Phi) is 9.73. The molecule has 0 N–H and O–H groups in total. The highest BCUT2D eigenvalue weighted by molar-refractivity contribution is 5.60. The SMILES string of the molecule is CCCCCC1CCCC(CCc2ccc(-c3ccc(OCCCC)cc3)nc2)C1. The molecule has 2 atom stereocenters. The summed E-state index contributed by atoms with van der Waals surface area (Å²) in [5, 5.41) is 0. The van der Waals surface area contributed by atoms with E-state index in [0.717, 1.165) is 48.3 Å². The Morgan fingerprint density at radius 1 is 0.867 bits per heavy atom. The van der Waals surface area contributed by atoms with Crippen LogP contribution in [0.3, 0.4) is 0 Å². The van der Waals surface area contributed by atoms with Crippen molar-refractivity contribution in [1.29, 1.82) is 0 Å². The van der Waals surface area contributed by atoms with Crippen molar-refractivity contribution in [3.8, 4) is 17.0 Å². The molecular weight excluding hydrogens is 366 g/mol. The van der Waals surface area contributed by atoms with Crippen LogP contribution < -0.4 is 4.74 Å². The third-order valence-corrected chi connectivity index (χ3v) is 6.69. The molecule has 1 saturated carbocycles. The van der Waals surface area contributed by atoms with Crippen LogP contribution in [-0.4, -0.2) is 11.6 Å². The lowest BCUT2D eigenvalue weighted by molar-refractivity contribution is 0.240. The van der Waals surface area contributed by atoms with Gasteiger partial charge in [0.1, 0.15) is 5.75 Å². The standard InChI is InChI=1S/C28H41NO/c1-3-5-7-9-23-10-8-11-24(21-23)12-13-25-14-19-28(29-22-25)26-15-17-27(18-16-26)30-20-6-4-2/h14-19,22-24H,3-13,20-21H2,1-2H3. The highest BCUT2D eigenvalue weighted by atomic mass is 16.5. The number of pyridine rings is 1. The molecule has 0 bridgehead atoms. The van der Waals surface area contributed by atoms with Crippen molar-refractivity contribution in [2.45, 2.75) is 90.9 Å². The van der Waals surface area contributed by atoms with E-state index in [1.807, 2.05) is 0 Å². The van der Waals surface area contributed by atoms with Crippen molar-refractivity contribution in [2.75, 3.05) is 6.61 Å². The lowest BCUT2D eigenvalue weighted by Crippen LogP contribution is -2.16. The second-order valence-corrected chi connectivity index (χ2v) is 9.21. The second kappa shape index (κ2) is 12.8. The van der Waals surface area contributed by atoms with Crippen LogP contribution in [0.5, 0.6) is 5.75 Å². The number of rotatable bonds is 12. The Morgan fingerprint density at radius 2 is 1.63 bits per heavy atom. The minimum Gasteiger partial charge on any atom is -0.494 e. The lowest BCUT2D eigenvalue weighted by atomic mass is 9.77. The maximum atomic E-state index is 5.76. The van der Waals surface area contributed by atoms with E-state index >= 15 is 0 Å². The molecule has 0 aliphatic heterocycles. The van der Waals surface area contributed by atoms with Crippen molar-refractivity contribution >= 4 is 0 Å². The quantitative estimate of drug-likeness (QED) is 0.330. The summed E-state index contributed by atoms with van der Waals surface area (Å²) in [6.45, 7) is 5.28. The summed E-state index contributed by atoms with van der Waals surface area (Å²) in [4.78, 5) is 4.74. The fourth-order valence-electron chi connectivity index (χ4n) is 4.78. The molecule has 0 saturated heterocycles. The van der Waals surface area contributed by atoms with E-state index in [-0.39, 0.29) is 0 Å². The monoisotopic (exact) mass is 407 g/mol. The molecule has 0 amide bonds. The van der Waals surface area contributed by atoms with Gasteiger partial charge in [0.15, 0.2) is 0 Å². The predicted molar refractivity (Wildman–Crippen MR) is 128 cm³/mol. The van der Waals surface area contributed by atoms with Crippen molar-refractivity contribution in [1.82, 2.24) is 4.98 Å². The number of hydrogen-bond acceptors (Lipinski definition) is 2. The molecule has 164 valence electrons. The molecule has 2 nitrogen and oxygen atoms in total. The highest BCUT2D eigenvalue weighted by Crippen LogP contribution is 2.34. The number of aryl methyl sites for hydroxylation is 1. The van der Waals surface area contributed by atoms with Crippen LogP contribution in [0.1, 0.15) is 90.0 Å². The average Bonchev–Trinajstić information content (AvgIpc) is 2.79. The third-order valence-electron chi connectivity index (χ3n) is 6.69. The molecule has 1 heterocycles. The van der Waals surface area contributed by atoms with E-state index in [2.05, 4.69) is 56.4 Å². The second-order valence-electron chi connectivity index (χ2n) is 9.21. The van der Waals surface area contributed by atoms with Crippen LogP contribution in [-0.2, 0) is 6.42 Å². The van der Waals surface area contributed by atoms with Gasteiger partial charge >= 0.3 is 0 Å². The predicted octanol–water partition coefficient (Wildman–Crippen LogP) is 8.25. The Morgan fingerprint density at radius 3 is 2.33 bits per heavy atom. The summed E-state index contributed by atoms with van der Waals surface area (Å²) in [5.74, 6) is 2.86. The number of unbranched alkanes of at least 4 members (excludes halogenated alkanes) is 3. The molecular formula is C28H41NO. The van der Waals surface area contributed by atoms with E-state index in [9.17, 15) is 0 Å². The molecule has 1 fully saturated rings. The summed E-state index contributed by atoms with van der Waals surface area (Å²) >= 11 is 0. The molecule has 1 aromatic carbocycles. The Hall–Kier alpha value is -1.83. The molecule has 2 unspecified atom stereocenters. The topological polar surface area (TPSA) is 22.1 Å². The fraction of sp³-hybridized carbons (Fsp3) is 0.607. The maximum absolute atomic E-state index is 5.76. The minimum atomic E-state index is 0.795. The molecule has 1 aromatic heterocycles. The summed E-state index contributed by atoms with van der Waals surface area (Å²) in [6.07, 6.45) is 18.3. The van der Waals surface area contributed by atoms with Gasteiger partial charge in [0.05, 0.1) is 12.3 Å². The first-order chi connectivity index (χ1) is 14.8. The fourth-order valence-corrected chi connectivity index (χ4v) is 4.78. The van der Waals surface area contributed by atoms with Crippen molar-refractivity contribution in [3.63, 3.8) is 0 Å². The summed E-state index contributed by atoms with van der Waals surface area (Å²) in [7, 11) is 0. The van der Waals surface area contributed by atoms with Gasteiger partial charge in [-0.05, 0) is 73.4 Å². The zero-order valence-electron chi connectivity index (χ0n) is 19.2. The smallest absolute Gasteiger partial charge is 0.119 e. The maximum Gasteiger partial charge on any atom is 0.119 e. The Labute approximate surface area is 184 Å². The number of nitrogens with zero attached hydrogens (tertiary/aromatic N) is 1. The summed E-state index contributed by atoms with van der Waals surface area (Å²) < 4.78 is 5.76. The number of hydrogen-bond donors (Lipinski definition) is 0. The van der Waals surface area contributed by atoms with Crippen LogP contribution >= 0.6 is 0 Å². The van der Waals surface area contributed by atoms with Gasteiger partial charge in [-0.15, -0.1) is 0 Å². The third kappa shape index (κ3) is 7.45. The number of benzene rings is 1. The van der Waals surface area contributed by atoms with Crippen LogP contribution in [0.2, 0.25) is 0 Å². The zero-order valence-corrected chi connectivity index (χ0v) is 19.2. The van der Waals surface area contributed by atoms with E-state index in [1.165, 1.54) is 69.8 Å². The van der Waals surface area contributed by atoms with Gasteiger partial charge in [-0.1, -0.05) is 71.3 Å². The van der Waals surface area contributed by atoms with Crippen LogP contribution in [0, 0.1) is 11.8 Å². The van der Waals surface area contributed by atoms with Crippen LogP contribution in [0.25, 0.3) is 11.3 Å². The van der Waals surface area contributed by atoms with Crippen molar-refractivity contribution in [2.24, 2.45) is 11.8 Å². The normalized spacial score (nSPS) is 19.0. The van der Waals surface area contributed by atoms with E-state index in [4.69, 9.17) is 9.72 Å². The van der Waals surface area contributed by atoms with Gasteiger partial charge in [0.2, 0.25) is 0 Å². The number of aromatic nitrogens is 1. The van der Waals surface area contributed by atoms with Gasteiger partial charge in [-0.2, -0.15) is 0 Å². The molecule has 2 heteroatoms. The molecule has 2 aromatic rings. The number of ether oxygens (including phenoxy) is 1. The van der Waals surface area contributed by atoms with Gasteiger partial charge in [0.25, 0.3) is 0 Å². The van der Waals surface area contributed by atoms with Gasteiger partial charge in [-0.3, -0.25) is 4.98 Å². The Balaban J connectivity index is 1.45. The summed E-state index contributed by atoms with van der Waals surface area (Å²) in [5.41, 5.74) is 3.59. The van der Waals surface area contributed by atoms with Crippen molar-refractivity contribution < 1.29 is 4.74 Å². The molecule has 0 radical (unpaired) electrons. The van der Waals surface area contributed by atoms with Gasteiger partial charge in [-0.25, -0.2) is 0 Å². The Bertz CT molecular complexity index is 706. The zero-order chi connectivity index (χ0) is 21.0. The van der Waals surface area contributed by atoms with E-state index < -0.39 is 0 Å². The first kappa shape index (κ1) is 22.8. The van der Waals surface area contributed by atoms with Gasteiger partial charge in [0, 0.05) is 11.8 Å². The first-order valence-corrected chi connectivity index (χ1v) is 12.5. The van der Waals surface area contributed by atoms with E-state index in [1.54, 1.807) is 0 Å². The minimum absolute atomic E-state index is 0.795.